The minimum absolute atomic E-state index is 0.0228. The Morgan fingerprint density at radius 3 is 1.30 bits per heavy atom. The zero-order valence-corrected chi connectivity index (χ0v) is 47.8. The van der Waals surface area contributed by atoms with E-state index < -0.39 is 0 Å². The lowest BCUT2D eigenvalue weighted by Gasteiger charge is -2.20. The van der Waals surface area contributed by atoms with Gasteiger partial charge in [0.25, 0.3) is 34.4 Å². The fourth-order valence-electron chi connectivity index (χ4n) is 9.81. The van der Waals surface area contributed by atoms with Crippen molar-refractivity contribution >= 4 is 90.7 Å². The van der Waals surface area contributed by atoms with Gasteiger partial charge in [0, 0.05) is 17.1 Å². The van der Waals surface area contributed by atoms with E-state index in [1.165, 1.54) is 52.7 Å². The Hall–Kier alpha value is -11.5. The fourth-order valence-corrected chi connectivity index (χ4v) is 10.0. The number of nitrogens with zero attached hydrogens (tertiary/aromatic N) is 14. The van der Waals surface area contributed by atoms with Crippen molar-refractivity contribution < 1.29 is 28.6 Å². The van der Waals surface area contributed by atoms with Gasteiger partial charge in [0.2, 0.25) is 17.6 Å². The second-order valence-electron chi connectivity index (χ2n) is 19.3. The molecule has 0 saturated carbocycles. The first-order valence-corrected chi connectivity index (χ1v) is 27.9. The van der Waals surface area contributed by atoms with Crippen LogP contribution in [0.1, 0.15) is 56.0 Å². The van der Waals surface area contributed by atoms with Gasteiger partial charge in [0.15, 0.2) is 0 Å². The lowest BCUT2D eigenvalue weighted by Crippen LogP contribution is -2.33. The Balaban J connectivity index is 0.000000136. The number of nitrogens with one attached hydrogen (secondary N) is 1. The summed E-state index contributed by atoms with van der Waals surface area (Å²) in [7, 11) is 0. The first-order valence-electron chi connectivity index (χ1n) is 27.5. The molecule has 0 bridgehead atoms. The first-order chi connectivity index (χ1) is 42.9. The number of halogens is 1. The number of H-pyrrole nitrogens is 1. The van der Waals surface area contributed by atoms with Crippen LogP contribution in [0.15, 0.2) is 168 Å². The number of amides is 3. The summed E-state index contributed by atoms with van der Waals surface area (Å²) in [6, 6.07) is 34.7. The predicted octanol–water partition coefficient (Wildman–Crippen LogP) is 6.14. The van der Waals surface area contributed by atoms with E-state index in [1.54, 1.807) is 63.7 Å². The third-order valence-corrected chi connectivity index (χ3v) is 14.3. The van der Waals surface area contributed by atoms with Crippen LogP contribution in [0.5, 0.6) is 17.6 Å². The summed E-state index contributed by atoms with van der Waals surface area (Å²) in [5, 5.41) is 1.26. The molecule has 0 atom stereocenters. The van der Waals surface area contributed by atoms with E-state index in [2.05, 4.69) is 49.8 Å². The number of carbonyl (C=O) groups excluding carboxylic acids is 3. The van der Waals surface area contributed by atoms with Crippen molar-refractivity contribution in [1.82, 2.24) is 59.0 Å². The molecule has 11 aromatic rings. The lowest BCUT2D eigenvalue weighted by molar-refractivity contribution is 0.0981. The Labute approximate surface area is 503 Å². The van der Waals surface area contributed by atoms with E-state index in [4.69, 9.17) is 37.3 Å². The summed E-state index contributed by atoms with van der Waals surface area (Å²) in [5.41, 5.74) is 16.7. The van der Waals surface area contributed by atoms with Crippen molar-refractivity contribution in [3.63, 3.8) is 0 Å². The molecule has 0 fully saturated rings. The summed E-state index contributed by atoms with van der Waals surface area (Å²) in [6.07, 6.45) is 8.17. The molecular weight excluding hydrogens is 1150 g/mol. The minimum atomic E-state index is -0.383. The molecule has 0 spiro atoms. The molecule has 0 radical (unpaired) electrons. The van der Waals surface area contributed by atoms with Gasteiger partial charge in [0.1, 0.15) is 72.3 Å². The van der Waals surface area contributed by atoms with E-state index in [9.17, 15) is 28.8 Å². The minimum Gasteiger partial charge on any atom is -0.475 e. The maximum Gasteiger partial charge on any atom is 0.267 e. The van der Waals surface area contributed by atoms with Crippen LogP contribution in [0.3, 0.4) is 0 Å². The van der Waals surface area contributed by atoms with Gasteiger partial charge in [-0.05, 0) is 65.7 Å². The first kappa shape index (κ1) is 58.2. The van der Waals surface area contributed by atoms with Gasteiger partial charge in [-0.2, -0.15) is 0 Å². The average molecular weight is 1200 g/mol. The molecular formula is C61H52ClN17O9. The molecule has 0 unspecified atom stereocenters. The number of hydrogen-bond acceptors (Lipinski definition) is 20. The number of benzene rings is 5. The van der Waals surface area contributed by atoms with Crippen molar-refractivity contribution in [2.75, 3.05) is 65.6 Å². The predicted molar refractivity (Wildman–Crippen MR) is 328 cm³/mol. The zero-order valence-electron chi connectivity index (χ0n) is 47.1. The lowest BCUT2D eigenvalue weighted by atomic mass is 10.1. The molecule has 14 rings (SSSR count). The summed E-state index contributed by atoms with van der Waals surface area (Å²) in [4.78, 5) is 121. The van der Waals surface area contributed by atoms with Gasteiger partial charge in [-0.15, -0.1) is 0 Å². The van der Waals surface area contributed by atoms with Crippen molar-refractivity contribution in [3.8, 4) is 17.6 Å². The number of rotatable bonds is 7. The average Bonchev–Trinajstić information content (AvgIpc) is 1.58. The molecule has 9 heterocycles. The smallest absolute Gasteiger partial charge is 0.267 e. The summed E-state index contributed by atoms with van der Waals surface area (Å²) in [5.74, 6) is -0.556. The highest BCUT2D eigenvalue weighted by molar-refractivity contribution is 6.33. The van der Waals surface area contributed by atoms with Crippen LogP contribution >= 0.6 is 11.6 Å². The molecule has 3 amide bonds. The fraction of sp³-hybridized carbons (Fsp3) is 0.164. The summed E-state index contributed by atoms with van der Waals surface area (Å²) < 4.78 is 19.7. The molecule has 0 saturated heterocycles. The number of aromatic amines is 1. The largest absolute Gasteiger partial charge is 0.475 e. The van der Waals surface area contributed by atoms with E-state index in [1.807, 2.05) is 74.5 Å². The molecule has 3 aliphatic heterocycles. The van der Waals surface area contributed by atoms with E-state index >= 15 is 0 Å². The number of aromatic nitrogens is 12. The quantitative estimate of drug-likeness (QED) is 0.151. The Bertz CT molecular complexity index is 4440. The maximum atomic E-state index is 13.2. The van der Waals surface area contributed by atoms with Gasteiger partial charge in [-0.25, -0.2) is 44.9 Å². The maximum absolute atomic E-state index is 13.2. The highest BCUT2D eigenvalue weighted by Gasteiger charge is 2.32. The van der Waals surface area contributed by atoms with Crippen LogP contribution in [0.25, 0.3) is 32.7 Å². The van der Waals surface area contributed by atoms with Crippen molar-refractivity contribution in [1.29, 1.82) is 0 Å². The molecule has 5 N–H and O–H groups in total. The van der Waals surface area contributed by atoms with E-state index in [0.29, 0.717) is 62.9 Å². The van der Waals surface area contributed by atoms with Crippen LogP contribution in [-0.4, -0.2) is 116 Å². The van der Waals surface area contributed by atoms with Crippen molar-refractivity contribution in [2.45, 2.75) is 26.9 Å². The molecule has 27 heteroatoms. The van der Waals surface area contributed by atoms with Crippen molar-refractivity contribution in [2.24, 2.45) is 0 Å². The van der Waals surface area contributed by atoms with Crippen molar-refractivity contribution in [3.05, 3.63) is 217 Å². The van der Waals surface area contributed by atoms with Crippen LogP contribution < -0.4 is 57.1 Å². The molecule has 26 nitrogen and oxygen atoms in total. The number of carbonyl (C=O) groups is 3. The third kappa shape index (κ3) is 11.9. The number of ether oxygens (including phenoxy) is 3. The van der Waals surface area contributed by atoms with Gasteiger partial charge >= 0.3 is 0 Å². The van der Waals surface area contributed by atoms with Crippen LogP contribution in [0.4, 0.5) is 28.7 Å². The van der Waals surface area contributed by atoms with Gasteiger partial charge in [-0.3, -0.25) is 37.9 Å². The molecule has 88 heavy (non-hydrogen) atoms. The Morgan fingerprint density at radius 2 is 0.852 bits per heavy atom. The third-order valence-electron chi connectivity index (χ3n) is 14.1. The Morgan fingerprint density at radius 1 is 0.466 bits per heavy atom. The summed E-state index contributed by atoms with van der Waals surface area (Å²) in [6.45, 7) is 6.37. The molecule has 5 aromatic carbocycles. The Kier molecular flexibility index (Phi) is 17.0. The van der Waals surface area contributed by atoms with Gasteiger partial charge in [-0.1, -0.05) is 86.1 Å². The molecule has 6 aromatic heterocycles. The van der Waals surface area contributed by atoms with Crippen LogP contribution in [-0.2, 0) is 13.1 Å². The normalized spacial score (nSPS) is 13.5. The molecule has 0 aliphatic carbocycles. The number of nitrogens with two attached hydrogens (primary N) is 2. The van der Waals surface area contributed by atoms with E-state index in [0.717, 1.165) is 11.1 Å². The van der Waals surface area contributed by atoms with Crippen LogP contribution in [0.2, 0.25) is 5.15 Å². The second-order valence-corrected chi connectivity index (χ2v) is 19.7. The SMILES string of the molecule is CC.Nc1ncnc2c1C(=O)N(c1ccc3nc[nH]c(=O)c3c1)CCO2.Nc1ncnc2c1C(=O)N(c1ccc3ncn(Cc4ccccc4)c(=O)c3c1)CCO2.O=C1c2c(Cl)ncnc2OCCN1c1ccc2ncn(Cc3ccccc3)c(=O)c2c1. The zero-order chi connectivity index (χ0) is 61.4. The van der Waals surface area contributed by atoms with Gasteiger partial charge in [0.05, 0.1) is 84.4 Å². The second kappa shape index (κ2) is 25.8. The highest BCUT2D eigenvalue weighted by atomic mass is 35.5. The molecule has 442 valence electrons. The number of hydrogen-bond donors (Lipinski definition) is 3. The number of fused-ring (bicyclic) bond motifs is 6. The topological polar surface area (TPSA) is 334 Å². The molecule has 3 aliphatic rings. The van der Waals surface area contributed by atoms with Crippen LogP contribution in [0, 0.1) is 0 Å². The highest BCUT2D eigenvalue weighted by Crippen LogP contribution is 2.32. The monoisotopic (exact) mass is 1200 g/mol. The van der Waals surface area contributed by atoms with Gasteiger partial charge < -0.3 is 45.4 Å². The van der Waals surface area contributed by atoms with E-state index in [-0.39, 0.29) is 125 Å². The number of anilines is 5. The number of nitrogen functional groups attached to an aromatic ring is 2. The summed E-state index contributed by atoms with van der Waals surface area (Å²) >= 11 is 6.14. The standard InChI is InChI=1S/C22H16ClN5O3.C22H18N6O3.C15H12N6O3.C2H6/c2*23-19-18-20(25-12-24-19)31-9-8-28(22(18)30)15-6-7-17-16(10-15)21(29)27(13-26-17)11-14-4-2-1-3-5-14;16-12-11-14(20-7-18-12)24-4-3-21(15(11)23)8-1-2-10-9(5-8)13(22)19-6-17-10;1-2/h1-7,10,12-13H,8-9,11H2;1-7,10,12-13H,8-9,11H2,(H2,23,24,25);1-2,5-7H,3-4H2,(H2,16,18,20)(H,17,19,22);1-2H3.